The molecule has 2 bridgehead atoms. The number of carbonyl (C=O) groups is 1. The van der Waals surface area contributed by atoms with Gasteiger partial charge in [0.25, 0.3) is 5.91 Å². The van der Waals surface area contributed by atoms with Gasteiger partial charge in [-0.05, 0) is 43.7 Å². The first-order chi connectivity index (χ1) is 13.4. The Kier molecular flexibility index (Phi) is 5.41. The number of hydrogen-bond donors (Lipinski definition) is 5. The molecule has 1 unspecified atom stereocenters. The largest absolute Gasteiger partial charge is 1.00 e. The molecule has 0 radical (unpaired) electrons. The van der Waals surface area contributed by atoms with Gasteiger partial charge in [0.2, 0.25) is 0 Å². The minimum Gasteiger partial charge on any atom is -1.00 e. The molecule has 3 fully saturated rings. The van der Waals surface area contributed by atoms with Gasteiger partial charge in [-0.1, -0.05) is 12.5 Å². The molecule has 1 saturated heterocycles. The van der Waals surface area contributed by atoms with Crippen LogP contribution in [0.1, 0.15) is 66.4 Å². The van der Waals surface area contributed by atoms with Crippen molar-refractivity contribution < 1.29 is 49.0 Å². The lowest BCUT2D eigenvalue weighted by molar-refractivity contribution is -0.946. The quantitative estimate of drug-likeness (QED) is 0.278. The Bertz CT molecular complexity index is 829. The van der Waals surface area contributed by atoms with E-state index in [0.717, 1.165) is 24.6 Å². The molecule has 6 nitrogen and oxygen atoms in total. The van der Waals surface area contributed by atoms with Gasteiger partial charge < -0.3 is 49.9 Å². The summed E-state index contributed by atoms with van der Waals surface area (Å²) in [5.41, 5.74) is 5.59. The number of rotatable bonds is 3. The van der Waals surface area contributed by atoms with Crippen LogP contribution in [0, 0.1) is 5.92 Å². The molecule has 1 heterocycles. The van der Waals surface area contributed by atoms with Crippen LogP contribution in [-0.2, 0) is 11.8 Å². The first-order valence-corrected chi connectivity index (χ1v) is 10.8. The molecule has 2 saturated carbocycles. The molecule has 1 amide bonds. The van der Waals surface area contributed by atoms with Crippen molar-refractivity contribution in [2.45, 2.75) is 74.5 Å². The molecule has 1 aliphatic heterocycles. The van der Waals surface area contributed by atoms with Crippen molar-refractivity contribution in [2.24, 2.45) is 11.7 Å². The van der Waals surface area contributed by atoms with Gasteiger partial charge in [0.05, 0.1) is 24.8 Å². The Morgan fingerprint density at radius 3 is 2.66 bits per heavy atom. The Morgan fingerprint density at radius 2 is 2.00 bits per heavy atom. The number of aliphatic hydroxyl groups is 2. The monoisotopic (exact) mass is 514 g/mol. The molecule has 29 heavy (non-hydrogen) atoms. The molecule has 1 aromatic carbocycles. The summed E-state index contributed by atoms with van der Waals surface area (Å²) in [4.78, 5) is 13.3. The van der Waals surface area contributed by atoms with Gasteiger partial charge in [-0.25, -0.2) is 0 Å². The van der Waals surface area contributed by atoms with Crippen molar-refractivity contribution in [3.8, 4) is 5.75 Å². The van der Waals surface area contributed by atoms with Crippen molar-refractivity contribution in [3.63, 3.8) is 0 Å². The minimum absolute atomic E-state index is 0. The highest BCUT2D eigenvalue weighted by Crippen LogP contribution is 2.58. The number of nitrogens with one attached hydrogen (secondary N) is 1. The Hall–Kier alpha value is -0.900. The molecular formula is C22H31IN2O4. The average Bonchev–Trinajstić information content (AvgIpc) is 2.59. The highest BCUT2D eigenvalue weighted by Gasteiger charge is 2.67. The molecule has 4 aliphatic rings. The molecule has 7 heteroatoms. The number of piperidine rings is 1. The lowest BCUT2D eigenvalue weighted by Crippen LogP contribution is -3.21. The zero-order valence-electron chi connectivity index (χ0n) is 16.7. The zero-order valence-corrected chi connectivity index (χ0v) is 18.8. The topological polar surface area (TPSA) is 108 Å². The van der Waals surface area contributed by atoms with Crippen LogP contribution in [0.15, 0.2) is 12.1 Å². The summed E-state index contributed by atoms with van der Waals surface area (Å²) in [6.45, 7) is 2.03. The number of aliphatic hydroxyl groups excluding tert-OH is 1. The van der Waals surface area contributed by atoms with E-state index < -0.39 is 23.0 Å². The van der Waals surface area contributed by atoms with Crippen molar-refractivity contribution in [1.29, 1.82) is 0 Å². The third-order valence-corrected chi connectivity index (χ3v) is 8.42. The van der Waals surface area contributed by atoms with Crippen molar-refractivity contribution in [1.82, 2.24) is 0 Å². The Morgan fingerprint density at radius 1 is 1.24 bits per heavy atom. The summed E-state index contributed by atoms with van der Waals surface area (Å²) in [5, 5.41) is 33.6. The van der Waals surface area contributed by atoms with E-state index in [0.29, 0.717) is 37.7 Å². The second-order valence-corrected chi connectivity index (χ2v) is 9.68. The van der Waals surface area contributed by atoms with E-state index in [-0.39, 0.29) is 41.3 Å². The molecule has 3 aliphatic carbocycles. The van der Waals surface area contributed by atoms with Gasteiger partial charge in [-0.2, -0.15) is 0 Å². The lowest BCUT2D eigenvalue weighted by Gasteiger charge is -2.62. The van der Waals surface area contributed by atoms with Gasteiger partial charge in [0.15, 0.2) is 0 Å². The summed E-state index contributed by atoms with van der Waals surface area (Å²) < 4.78 is 0. The normalized spacial score (nSPS) is 38.2. The fraction of sp³-hybridized carbons (Fsp3) is 0.682. The smallest absolute Gasteiger partial charge is 0.252 e. The molecule has 5 atom stereocenters. The number of carbonyl (C=O) groups excluding carboxylic acids is 1. The molecule has 5 rings (SSSR count). The maximum absolute atomic E-state index is 12.1. The van der Waals surface area contributed by atoms with Crippen LogP contribution < -0.4 is 34.6 Å². The molecule has 1 aromatic rings. The number of fused-ring (bicyclic) bond motifs is 1. The number of amides is 1. The van der Waals surface area contributed by atoms with E-state index in [1.54, 1.807) is 6.07 Å². The fourth-order valence-corrected chi connectivity index (χ4v) is 6.84. The van der Waals surface area contributed by atoms with Crippen LogP contribution in [0.4, 0.5) is 0 Å². The highest BCUT2D eigenvalue weighted by atomic mass is 127. The first-order valence-electron chi connectivity index (χ1n) is 10.8. The number of nitrogens with two attached hydrogens (primary N) is 1. The van der Waals surface area contributed by atoms with Crippen molar-refractivity contribution in [2.75, 3.05) is 13.1 Å². The predicted molar refractivity (Wildman–Crippen MR) is 103 cm³/mol. The minimum atomic E-state index is -0.968. The molecule has 160 valence electrons. The molecule has 0 spiro atoms. The van der Waals surface area contributed by atoms with Gasteiger partial charge in [0, 0.05) is 29.7 Å². The number of likely N-dealkylation sites (tertiary alicyclic amines) is 1. The SMILES string of the molecule is NC(=O)c1ccc2c(c1O)[C@]13CC[NH+](CC4CCC4)[C@H](C2)[C@]1(O)CC[C@@H](O)C3.[I-]. The third kappa shape index (κ3) is 2.95. The van der Waals surface area contributed by atoms with Crippen LogP contribution in [0.5, 0.6) is 5.75 Å². The van der Waals surface area contributed by atoms with E-state index in [4.69, 9.17) is 5.73 Å². The fourth-order valence-electron chi connectivity index (χ4n) is 6.84. The standard InChI is InChI=1S/C22H30N2O4.HI/c23-20(27)16-5-4-14-10-17-22(28)7-6-15(25)11-21(22,18(14)19(16)26)8-9-24(17)12-13-2-1-3-13;/h4-5,13,15,17,25-26,28H,1-3,6-12H2,(H2,23,27);1H/t15-,17-,21-,22-;/m1./s1. The van der Waals surface area contributed by atoms with E-state index in [2.05, 4.69) is 0 Å². The number of benzene rings is 1. The lowest BCUT2D eigenvalue weighted by atomic mass is 9.48. The van der Waals surface area contributed by atoms with E-state index in [1.165, 1.54) is 24.2 Å². The molecule has 0 aromatic heterocycles. The van der Waals surface area contributed by atoms with Gasteiger partial charge >= 0.3 is 0 Å². The van der Waals surface area contributed by atoms with E-state index in [1.807, 2.05) is 6.07 Å². The van der Waals surface area contributed by atoms with E-state index >= 15 is 0 Å². The van der Waals surface area contributed by atoms with Gasteiger partial charge in [-0.15, -0.1) is 0 Å². The predicted octanol–water partition coefficient (Wildman–Crippen LogP) is -2.98. The van der Waals surface area contributed by atoms with E-state index in [9.17, 15) is 20.1 Å². The summed E-state index contributed by atoms with van der Waals surface area (Å²) in [6, 6.07) is 3.58. The molecule has 6 N–H and O–H groups in total. The number of quaternary nitrogens is 1. The maximum Gasteiger partial charge on any atom is 0.252 e. The maximum atomic E-state index is 12.1. The van der Waals surface area contributed by atoms with Crippen LogP contribution in [0.3, 0.4) is 0 Å². The van der Waals surface area contributed by atoms with Crippen LogP contribution in [0.25, 0.3) is 0 Å². The Balaban J connectivity index is 0.00000205. The zero-order chi connectivity index (χ0) is 19.7. The molecular weight excluding hydrogens is 483 g/mol. The second-order valence-electron chi connectivity index (χ2n) is 9.68. The summed E-state index contributed by atoms with van der Waals surface area (Å²) in [5.74, 6) is 0.0116. The van der Waals surface area contributed by atoms with Gasteiger partial charge in [-0.3, -0.25) is 4.79 Å². The first kappa shape index (κ1) is 21.3. The average molecular weight is 514 g/mol. The van der Waals surface area contributed by atoms with Crippen LogP contribution in [-0.4, -0.2) is 52.1 Å². The van der Waals surface area contributed by atoms with Crippen molar-refractivity contribution >= 4 is 5.91 Å². The Labute approximate surface area is 188 Å². The van der Waals surface area contributed by atoms with Gasteiger partial charge in [0.1, 0.15) is 17.4 Å². The summed E-state index contributed by atoms with van der Waals surface area (Å²) in [7, 11) is 0. The number of hydrogen-bond acceptors (Lipinski definition) is 4. The number of phenols is 1. The van der Waals surface area contributed by atoms with Crippen LogP contribution in [0.2, 0.25) is 0 Å². The number of aromatic hydroxyl groups is 1. The second kappa shape index (κ2) is 7.35. The van der Waals surface area contributed by atoms with Crippen molar-refractivity contribution in [3.05, 3.63) is 28.8 Å². The van der Waals surface area contributed by atoms with Crippen LogP contribution >= 0.6 is 0 Å². The highest BCUT2D eigenvalue weighted by molar-refractivity contribution is 5.96. The summed E-state index contributed by atoms with van der Waals surface area (Å²) >= 11 is 0. The number of primary amides is 1. The summed E-state index contributed by atoms with van der Waals surface area (Å²) in [6.07, 6.45) is 6.34. The number of halogens is 1. The third-order valence-electron chi connectivity index (χ3n) is 8.42.